The third-order valence-electron chi connectivity index (χ3n) is 6.10. The highest BCUT2D eigenvalue weighted by Gasteiger charge is 2.44. The van der Waals surface area contributed by atoms with Gasteiger partial charge in [0.05, 0.1) is 20.6 Å². The number of benzene rings is 2. The molecule has 0 aliphatic carbocycles. The summed E-state index contributed by atoms with van der Waals surface area (Å²) in [5.41, 5.74) is 0.604. The van der Waals surface area contributed by atoms with Gasteiger partial charge in [-0.05, 0) is 53.0 Å². The molecule has 170 valence electrons. The number of carbonyl (C=O) groups excluding carboxylic acids is 1. The topological polar surface area (TPSA) is 71.0 Å². The van der Waals surface area contributed by atoms with Crippen LogP contribution in [0.1, 0.15) is 41.2 Å². The fraction of sp³-hybridized carbons (Fsp3) is 0.409. The number of ether oxygens (including phenoxy) is 1. The summed E-state index contributed by atoms with van der Waals surface area (Å²) in [6.45, 7) is 2.74. The number of piperidine rings is 1. The summed E-state index contributed by atoms with van der Waals surface area (Å²) in [4.78, 5) is 26.2. The molecule has 2 aliphatic heterocycles. The van der Waals surface area contributed by atoms with Crippen LogP contribution >= 0.6 is 50.7 Å². The molecule has 1 spiro atoms. The van der Waals surface area contributed by atoms with E-state index in [-0.39, 0.29) is 5.91 Å². The van der Waals surface area contributed by atoms with Crippen LogP contribution < -0.4 is 10.1 Å². The summed E-state index contributed by atoms with van der Waals surface area (Å²) in [6.07, 6.45) is 2.07. The van der Waals surface area contributed by atoms with Gasteiger partial charge in [-0.1, -0.05) is 46.0 Å². The van der Waals surface area contributed by atoms with E-state index in [4.69, 9.17) is 39.5 Å². The van der Waals surface area contributed by atoms with Gasteiger partial charge in [-0.2, -0.15) is 4.91 Å². The van der Waals surface area contributed by atoms with Gasteiger partial charge in [0.2, 0.25) is 0 Å². The van der Waals surface area contributed by atoms with E-state index in [1.165, 1.54) is 0 Å². The maximum atomic E-state index is 12.4. The van der Waals surface area contributed by atoms with Crippen LogP contribution in [0.4, 0.5) is 0 Å². The fourth-order valence-corrected chi connectivity index (χ4v) is 5.41. The monoisotopic (exact) mass is 559 g/mol. The first-order valence-corrected chi connectivity index (χ1v) is 12.2. The number of rotatable bonds is 5. The van der Waals surface area contributed by atoms with Gasteiger partial charge in [-0.3, -0.25) is 4.79 Å². The van der Waals surface area contributed by atoms with Crippen molar-refractivity contribution in [2.75, 3.05) is 26.2 Å². The number of nitroso groups, excluding NO2 is 1. The van der Waals surface area contributed by atoms with Crippen molar-refractivity contribution in [2.24, 2.45) is 5.18 Å². The molecule has 2 heterocycles. The molecular formula is C22H21BrCl3N3O3. The molecule has 0 aromatic heterocycles. The van der Waals surface area contributed by atoms with Crippen LogP contribution in [0, 0.1) is 4.91 Å². The maximum Gasteiger partial charge on any atom is 0.254 e. The van der Waals surface area contributed by atoms with E-state index in [0.29, 0.717) is 45.9 Å². The summed E-state index contributed by atoms with van der Waals surface area (Å²) >= 11 is 21.8. The number of hydrogen-bond donors (Lipinski definition) is 1. The van der Waals surface area contributed by atoms with Crippen LogP contribution in [-0.4, -0.2) is 42.6 Å². The smallest absolute Gasteiger partial charge is 0.254 e. The van der Waals surface area contributed by atoms with Crippen molar-refractivity contribution in [3.8, 4) is 5.75 Å². The van der Waals surface area contributed by atoms with Crippen molar-refractivity contribution in [3.05, 3.63) is 65.9 Å². The largest absolute Gasteiger partial charge is 0.487 e. The predicted octanol–water partition coefficient (Wildman–Crippen LogP) is 6.26. The van der Waals surface area contributed by atoms with Crippen molar-refractivity contribution < 1.29 is 9.53 Å². The van der Waals surface area contributed by atoms with Crippen LogP contribution in [-0.2, 0) is 0 Å². The first-order chi connectivity index (χ1) is 15.3. The lowest BCUT2D eigenvalue weighted by Gasteiger charge is -2.45. The Bertz CT molecular complexity index is 1020. The molecule has 1 N–H and O–H groups in total. The van der Waals surface area contributed by atoms with Gasteiger partial charge in [-0.15, -0.1) is 0 Å². The van der Waals surface area contributed by atoms with Crippen LogP contribution in [0.5, 0.6) is 5.75 Å². The molecule has 1 amide bonds. The first kappa shape index (κ1) is 23.8. The number of hydrogen-bond acceptors (Lipinski definition) is 5. The quantitative estimate of drug-likeness (QED) is 0.437. The second kappa shape index (κ2) is 9.85. The molecule has 1 unspecified atom stereocenters. The van der Waals surface area contributed by atoms with Crippen molar-refractivity contribution >= 4 is 56.6 Å². The number of carbonyl (C=O) groups is 1. The molecule has 0 saturated carbocycles. The molecule has 2 aromatic rings. The summed E-state index contributed by atoms with van der Waals surface area (Å²) in [5, 5.41) is 7.43. The zero-order valence-corrected chi connectivity index (χ0v) is 20.9. The second-order valence-corrected chi connectivity index (χ2v) is 10.2. The van der Waals surface area contributed by atoms with Crippen LogP contribution in [0.3, 0.4) is 0 Å². The first-order valence-electron chi connectivity index (χ1n) is 10.3. The lowest BCUT2D eigenvalue weighted by Crippen LogP contribution is -2.51. The Morgan fingerprint density at radius 3 is 2.53 bits per heavy atom. The molecule has 1 saturated heterocycles. The number of nitrogens with one attached hydrogen (secondary N) is 1. The molecule has 4 rings (SSSR count). The van der Waals surface area contributed by atoms with E-state index < -0.39 is 11.6 Å². The summed E-state index contributed by atoms with van der Waals surface area (Å²) in [7, 11) is 0. The van der Waals surface area contributed by atoms with E-state index in [1.807, 2.05) is 6.07 Å². The van der Waals surface area contributed by atoms with Gasteiger partial charge in [-0.25, -0.2) is 0 Å². The van der Waals surface area contributed by atoms with E-state index in [1.54, 1.807) is 24.3 Å². The second-order valence-electron chi connectivity index (χ2n) is 8.11. The average molecular weight is 562 g/mol. The number of fused-ring (bicyclic) bond motifs is 1. The standard InChI is InChI=1S/C22H21BrCl3N3O3/c23-14-11-19-13(10-17(14)26)18(28-31)12-22(32-19)4-7-29(8-5-22)9-6-27-21(30)20-15(24)2-1-3-16(20)25/h1-3,10-11,18H,4-9,12H2,(H,27,30). The number of likely N-dealkylation sites (tertiary alicyclic amines) is 1. The lowest BCUT2D eigenvalue weighted by molar-refractivity contribution is -0.0212. The third-order valence-corrected chi connectivity index (χ3v) is 7.93. The number of halogens is 4. The van der Waals surface area contributed by atoms with Crippen molar-refractivity contribution in [1.29, 1.82) is 0 Å². The Labute approximate surface area is 209 Å². The molecule has 32 heavy (non-hydrogen) atoms. The number of amides is 1. The molecule has 0 bridgehead atoms. The fourth-order valence-electron chi connectivity index (χ4n) is 4.35. The minimum atomic E-state index is -0.476. The van der Waals surface area contributed by atoms with E-state index in [0.717, 1.165) is 36.0 Å². The highest BCUT2D eigenvalue weighted by Crippen LogP contribution is 2.48. The summed E-state index contributed by atoms with van der Waals surface area (Å²) in [5.74, 6) is 0.375. The van der Waals surface area contributed by atoms with Crippen LogP contribution in [0.25, 0.3) is 0 Å². The molecule has 10 heteroatoms. The molecular weight excluding hydrogens is 541 g/mol. The zero-order valence-electron chi connectivity index (χ0n) is 17.0. The van der Waals surface area contributed by atoms with Gasteiger partial charge in [0.1, 0.15) is 17.4 Å². The van der Waals surface area contributed by atoms with Crippen LogP contribution in [0.15, 0.2) is 40.0 Å². The molecule has 1 fully saturated rings. The Morgan fingerprint density at radius 2 is 1.88 bits per heavy atom. The van der Waals surface area contributed by atoms with Gasteiger partial charge in [0, 0.05) is 42.6 Å². The normalized spacial score (nSPS) is 19.8. The molecule has 2 aliphatic rings. The highest BCUT2D eigenvalue weighted by molar-refractivity contribution is 9.10. The van der Waals surface area contributed by atoms with Crippen molar-refractivity contribution in [2.45, 2.75) is 30.9 Å². The molecule has 0 radical (unpaired) electrons. The van der Waals surface area contributed by atoms with E-state index in [2.05, 4.69) is 31.3 Å². The van der Waals surface area contributed by atoms with Gasteiger partial charge in [0.15, 0.2) is 0 Å². The predicted molar refractivity (Wildman–Crippen MR) is 130 cm³/mol. The van der Waals surface area contributed by atoms with Crippen LogP contribution in [0.2, 0.25) is 15.1 Å². The molecule has 1 atom stereocenters. The highest BCUT2D eigenvalue weighted by atomic mass is 79.9. The molecule has 6 nitrogen and oxygen atoms in total. The lowest BCUT2D eigenvalue weighted by atomic mass is 9.81. The third kappa shape index (κ3) is 4.92. The molecule has 2 aromatic carbocycles. The maximum absolute atomic E-state index is 12.4. The van der Waals surface area contributed by atoms with Gasteiger partial charge < -0.3 is 15.0 Å². The van der Waals surface area contributed by atoms with Crippen molar-refractivity contribution in [1.82, 2.24) is 10.2 Å². The van der Waals surface area contributed by atoms with Gasteiger partial charge in [0.25, 0.3) is 5.91 Å². The minimum Gasteiger partial charge on any atom is -0.487 e. The average Bonchev–Trinajstić information content (AvgIpc) is 2.76. The Morgan fingerprint density at radius 1 is 1.19 bits per heavy atom. The van der Waals surface area contributed by atoms with Gasteiger partial charge >= 0.3 is 0 Å². The zero-order chi connectivity index (χ0) is 22.9. The Hall–Kier alpha value is -1.38. The number of nitrogens with zero attached hydrogens (tertiary/aromatic N) is 2. The minimum absolute atomic E-state index is 0.287. The van der Waals surface area contributed by atoms with E-state index >= 15 is 0 Å². The summed E-state index contributed by atoms with van der Waals surface area (Å²) in [6, 6.07) is 8.08. The summed E-state index contributed by atoms with van der Waals surface area (Å²) < 4.78 is 7.12. The Kier molecular flexibility index (Phi) is 7.32. The Balaban J connectivity index is 1.33. The van der Waals surface area contributed by atoms with Crippen molar-refractivity contribution in [3.63, 3.8) is 0 Å². The SMILES string of the molecule is O=NC1CC2(CCN(CCNC(=O)c3c(Cl)cccc3Cl)CC2)Oc2cc(Br)c(Cl)cc21. The van der Waals surface area contributed by atoms with E-state index in [9.17, 15) is 9.70 Å².